The first kappa shape index (κ1) is 11.3. The highest BCUT2D eigenvalue weighted by Crippen LogP contribution is 2.14. The van der Waals surface area contributed by atoms with Crippen LogP contribution >= 0.6 is 11.8 Å². The number of rotatable bonds is 5. The van der Waals surface area contributed by atoms with E-state index in [4.69, 9.17) is 0 Å². The molecule has 2 aromatic heterocycles. The van der Waals surface area contributed by atoms with Crippen molar-refractivity contribution in [2.75, 3.05) is 23.9 Å². The van der Waals surface area contributed by atoms with Gasteiger partial charge in [0, 0.05) is 18.9 Å². The van der Waals surface area contributed by atoms with E-state index in [-0.39, 0.29) is 0 Å². The van der Waals surface area contributed by atoms with Crippen molar-refractivity contribution in [2.24, 2.45) is 0 Å². The van der Waals surface area contributed by atoms with E-state index in [1.54, 1.807) is 6.20 Å². The smallest absolute Gasteiger partial charge is 0.152 e. The Hall–Kier alpha value is -1.23. The molecule has 16 heavy (non-hydrogen) atoms. The van der Waals surface area contributed by atoms with Crippen molar-refractivity contribution in [3.05, 3.63) is 24.2 Å². The number of hydrogen-bond acceptors (Lipinski definition) is 4. The molecule has 0 radical (unpaired) electrons. The van der Waals surface area contributed by atoms with Crippen LogP contribution in [0.3, 0.4) is 0 Å². The van der Waals surface area contributed by atoms with Gasteiger partial charge in [0.15, 0.2) is 5.82 Å². The lowest BCUT2D eigenvalue weighted by Gasteiger charge is -2.05. The second-order valence-corrected chi connectivity index (χ2v) is 4.65. The number of thioether (sulfide) groups is 1. The molecule has 4 nitrogen and oxygen atoms in total. The standard InChI is InChI=1S/C11H16N4S/c1-9-8-10-11(12-4-3-7-16-2)13-5-6-15(10)14-9/h5-6,8H,3-4,7H2,1-2H3,(H,12,13). The van der Waals surface area contributed by atoms with E-state index in [1.807, 2.05) is 35.5 Å². The summed E-state index contributed by atoms with van der Waals surface area (Å²) < 4.78 is 1.86. The monoisotopic (exact) mass is 236 g/mol. The third kappa shape index (κ3) is 2.47. The lowest BCUT2D eigenvalue weighted by atomic mass is 10.4. The van der Waals surface area contributed by atoms with Gasteiger partial charge in [0.25, 0.3) is 0 Å². The Balaban J connectivity index is 2.11. The van der Waals surface area contributed by atoms with Gasteiger partial charge in [-0.2, -0.15) is 16.9 Å². The maximum absolute atomic E-state index is 4.35. The Morgan fingerprint density at radius 3 is 3.19 bits per heavy atom. The molecule has 2 heterocycles. The minimum atomic E-state index is 0.921. The molecule has 0 aromatic carbocycles. The Kier molecular flexibility index (Phi) is 3.66. The van der Waals surface area contributed by atoms with Crippen molar-refractivity contribution < 1.29 is 0 Å². The molecule has 0 amide bonds. The lowest BCUT2D eigenvalue weighted by Crippen LogP contribution is -2.05. The number of nitrogens with one attached hydrogen (secondary N) is 1. The van der Waals surface area contributed by atoms with E-state index >= 15 is 0 Å². The summed E-state index contributed by atoms with van der Waals surface area (Å²) in [6, 6.07) is 2.05. The largest absolute Gasteiger partial charge is 0.368 e. The van der Waals surface area contributed by atoms with Crippen LogP contribution in [0.5, 0.6) is 0 Å². The molecule has 0 unspecified atom stereocenters. The summed E-state index contributed by atoms with van der Waals surface area (Å²) in [7, 11) is 0. The van der Waals surface area contributed by atoms with Gasteiger partial charge in [-0.3, -0.25) is 0 Å². The van der Waals surface area contributed by atoms with E-state index in [9.17, 15) is 0 Å². The molecule has 0 aliphatic heterocycles. The Morgan fingerprint density at radius 1 is 1.50 bits per heavy atom. The van der Waals surface area contributed by atoms with Crippen molar-refractivity contribution in [1.82, 2.24) is 14.6 Å². The first-order valence-electron chi connectivity index (χ1n) is 5.35. The Morgan fingerprint density at radius 2 is 2.38 bits per heavy atom. The Bertz CT molecular complexity index is 466. The molecule has 0 bridgehead atoms. The molecule has 86 valence electrons. The summed E-state index contributed by atoms with van der Waals surface area (Å²) in [6.45, 7) is 2.95. The van der Waals surface area contributed by atoms with Gasteiger partial charge >= 0.3 is 0 Å². The highest BCUT2D eigenvalue weighted by molar-refractivity contribution is 7.98. The normalized spacial score (nSPS) is 10.9. The van der Waals surface area contributed by atoms with Crippen LogP contribution in [0.2, 0.25) is 0 Å². The zero-order valence-corrected chi connectivity index (χ0v) is 10.4. The SMILES string of the molecule is CSCCCNc1nccn2nc(C)cc12. The third-order valence-corrected chi connectivity index (χ3v) is 3.03. The maximum atomic E-state index is 4.35. The topological polar surface area (TPSA) is 42.2 Å². The fraction of sp³-hybridized carbons (Fsp3) is 0.455. The van der Waals surface area contributed by atoms with Gasteiger partial charge in [-0.05, 0) is 31.4 Å². The number of fused-ring (bicyclic) bond motifs is 1. The van der Waals surface area contributed by atoms with E-state index in [2.05, 4.69) is 21.7 Å². The molecule has 0 fully saturated rings. The summed E-state index contributed by atoms with van der Waals surface area (Å²) in [6.07, 6.45) is 6.92. The van der Waals surface area contributed by atoms with Gasteiger partial charge < -0.3 is 5.32 Å². The van der Waals surface area contributed by atoms with Crippen LogP contribution in [-0.2, 0) is 0 Å². The van der Waals surface area contributed by atoms with Gasteiger partial charge in [0.2, 0.25) is 0 Å². The maximum Gasteiger partial charge on any atom is 0.152 e. The summed E-state index contributed by atoms with van der Waals surface area (Å²) >= 11 is 1.87. The first-order chi connectivity index (χ1) is 7.81. The molecule has 2 rings (SSSR count). The third-order valence-electron chi connectivity index (χ3n) is 2.33. The van der Waals surface area contributed by atoms with Crippen LogP contribution in [0.1, 0.15) is 12.1 Å². The van der Waals surface area contributed by atoms with Gasteiger partial charge in [0.05, 0.1) is 5.69 Å². The number of hydrogen-bond donors (Lipinski definition) is 1. The number of aromatic nitrogens is 3. The minimum Gasteiger partial charge on any atom is -0.368 e. The highest BCUT2D eigenvalue weighted by Gasteiger charge is 2.03. The van der Waals surface area contributed by atoms with Crippen molar-refractivity contribution >= 4 is 23.1 Å². The molecule has 0 saturated carbocycles. The van der Waals surface area contributed by atoms with Gasteiger partial charge in [-0.1, -0.05) is 0 Å². The molecular weight excluding hydrogens is 220 g/mol. The zero-order chi connectivity index (χ0) is 11.4. The van der Waals surface area contributed by atoms with Crippen LogP contribution in [0, 0.1) is 6.92 Å². The van der Waals surface area contributed by atoms with E-state index in [0.29, 0.717) is 0 Å². The van der Waals surface area contributed by atoms with Crippen LogP contribution in [-0.4, -0.2) is 33.2 Å². The number of aryl methyl sites for hydroxylation is 1. The van der Waals surface area contributed by atoms with E-state index < -0.39 is 0 Å². The summed E-state index contributed by atoms with van der Waals surface area (Å²) in [4.78, 5) is 4.34. The van der Waals surface area contributed by atoms with Gasteiger partial charge in [-0.15, -0.1) is 0 Å². The summed E-state index contributed by atoms with van der Waals surface area (Å²) in [5.41, 5.74) is 2.06. The van der Waals surface area contributed by atoms with Crippen LogP contribution in [0.15, 0.2) is 18.5 Å². The fourth-order valence-electron chi connectivity index (χ4n) is 1.60. The van der Waals surface area contributed by atoms with Crippen LogP contribution in [0.25, 0.3) is 5.52 Å². The molecular formula is C11H16N4S. The van der Waals surface area contributed by atoms with Crippen LogP contribution in [0.4, 0.5) is 5.82 Å². The Labute approximate surface area is 99.5 Å². The van der Waals surface area contributed by atoms with Crippen molar-refractivity contribution in [3.63, 3.8) is 0 Å². The average Bonchev–Trinajstić information content (AvgIpc) is 2.65. The van der Waals surface area contributed by atoms with Crippen molar-refractivity contribution in [3.8, 4) is 0 Å². The van der Waals surface area contributed by atoms with Crippen molar-refractivity contribution in [2.45, 2.75) is 13.3 Å². The molecule has 0 spiro atoms. The van der Waals surface area contributed by atoms with Crippen molar-refractivity contribution in [1.29, 1.82) is 0 Å². The molecule has 5 heteroatoms. The highest BCUT2D eigenvalue weighted by atomic mass is 32.2. The molecule has 2 aromatic rings. The minimum absolute atomic E-state index is 0.921. The molecule has 1 N–H and O–H groups in total. The molecule has 0 saturated heterocycles. The lowest BCUT2D eigenvalue weighted by molar-refractivity contribution is 0.915. The second-order valence-electron chi connectivity index (χ2n) is 3.66. The van der Waals surface area contributed by atoms with Gasteiger partial charge in [0.1, 0.15) is 5.52 Å². The average molecular weight is 236 g/mol. The number of nitrogens with zero attached hydrogens (tertiary/aromatic N) is 3. The summed E-state index contributed by atoms with van der Waals surface area (Å²) in [5.74, 6) is 2.10. The molecule has 0 atom stereocenters. The van der Waals surface area contributed by atoms with E-state index in [1.165, 1.54) is 5.75 Å². The quantitative estimate of drug-likeness (QED) is 0.808. The van der Waals surface area contributed by atoms with E-state index in [0.717, 1.165) is 30.0 Å². The molecule has 0 aliphatic rings. The van der Waals surface area contributed by atoms with Crippen LogP contribution < -0.4 is 5.32 Å². The predicted octanol–water partition coefficient (Wildman–Crippen LogP) is 2.20. The summed E-state index contributed by atoms with van der Waals surface area (Å²) in [5, 5.41) is 7.70. The fourth-order valence-corrected chi connectivity index (χ4v) is 2.04. The molecule has 0 aliphatic carbocycles. The second kappa shape index (κ2) is 5.21. The van der Waals surface area contributed by atoms with Gasteiger partial charge in [-0.25, -0.2) is 9.50 Å². The first-order valence-corrected chi connectivity index (χ1v) is 6.74. The number of anilines is 1. The predicted molar refractivity (Wildman–Crippen MR) is 69.2 cm³/mol. The zero-order valence-electron chi connectivity index (χ0n) is 9.60.